The van der Waals surface area contributed by atoms with E-state index in [0.717, 1.165) is 22.9 Å². The number of thioether (sulfide) groups is 1. The third-order valence-electron chi connectivity index (χ3n) is 4.56. The summed E-state index contributed by atoms with van der Waals surface area (Å²) < 4.78 is 25.4. The van der Waals surface area contributed by atoms with Crippen LogP contribution in [0.5, 0.6) is 0 Å². The molecule has 0 bridgehead atoms. The number of anilines is 1. The molecule has 1 saturated heterocycles. The molecule has 1 fully saturated rings. The average molecular weight is 354 g/mol. The Morgan fingerprint density at radius 1 is 1.22 bits per heavy atom. The summed E-state index contributed by atoms with van der Waals surface area (Å²) in [4.78, 5) is 15.9. The minimum atomic E-state index is -3.14. The number of sulfonamides is 1. The monoisotopic (exact) mass is 354 g/mol. The van der Waals surface area contributed by atoms with E-state index in [1.54, 1.807) is 18.7 Å². The number of fused-ring (bicyclic) bond motifs is 1. The van der Waals surface area contributed by atoms with Gasteiger partial charge in [-0.25, -0.2) is 12.7 Å². The molecule has 0 atom stereocenters. The molecule has 23 heavy (non-hydrogen) atoms. The van der Waals surface area contributed by atoms with Crippen LogP contribution in [0.2, 0.25) is 0 Å². The van der Waals surface area contributed by atoms with Gasteiger partial charge < -0.3 is 4.90 Å². The van der Waals surface area contributed by atoms with E-state index in [4.69, 9.17) is 0 Å². The third-order valence-corrected chi connectivity index (χ3v) is 7.48. The minimum absolute atomic E-state index is 0.0746. The van der Waals surface area contributed by atoms with Crippen LogP contribution in [0.4, 0.5) is 5.69 Å². The number of para-hydroxylation sites is 1. The molecule has 5 nitrogen and oxygen atoms in total. The van der Waals surface area contributed by atoms with E-state index >= 15 is 0 Å². The van der Waals surface area contributed by atoms with Gasteiger partial charge in [0.2, 0.25) is 15.9 Å². The normalized spacial score (nSPS) is 20.3. The maximum atomic E-state index is 12.9. The zero-order valence-electron chi connectivity index (χ0n) is 13.3. The van der Waals surface area contributed by atoms with E-state index in [9.17, 15) is 13.2 Å². The molecular weight excluding hydrogens is 332 g/mol. The second kappa shape index (κ2) is 6.83. The molecule has 3 rings (SSSR count). The SMILES string of the molecule is CCS(=O)(=O)N1CCC(C(=O)N2CCSc3ccccc32)CC1. The Balaban J connectivity index is 1.69. The van der Waals surface area contributed by atoms with E-state index in [2.05, 4.69) is 6.07 Å². The van der Waals surface area contributed by atoms with Crippen molar-refractivity contribution in [2.45, 2.75) is 24.7 Å². The zero-order chi connectivity index (χ0) is 16.4. The first-order chi connectivity index (χ1) is 11.0. The molecule has 0 aromatic heterocycles. The molecule has 1 aromatic rings. The van der Waals surface area contributed by atoms with Gasteiger partial charge in [0.15, 0.2) is 0 Å². The summed E-state index contributed by atoms with van der Waals surface area (Å²) in [5.74, 6) is 1.11. The Kier molecular flexibility index (Phi) is 4.98. The molecule has 1 aromatic carbocycles. The van der Waals surface area contributed by atoms with Gasteiger partial charge in [0.1, 0.15) is 0 Å². The predicted octanol–water partition coefficient (Wildman–Crippen LogP) is 2.19. The second-order valence-electron chi connectivity index (χ2n) is 5.88. The Morgan fingerprint density at radius 2 is 1.91 bits per heavy atom. The van der Waals surface area contributed by atoms with Crippen molar-refractivity contribution in [3.05, 3.63) is 24.3 Å². The molecule has 2 aliphatic heterocycles. The topological polar surface area (TPSA) is 57.7 Å². The van der Waals surface area contributed by atoms with Gasteiger partial charge in [0.05, 0.1) is 11.4 Å². The van der Waals surface area contributed by atoms with Gasteiger partial charge in [-0.3, -0.25) is 4.79 Å². The average Bonchev–Trinajstić information content (AvgIpc) is 2.60. The van der Waals surface area contributed by atoms with Crippen LogP contribution in [-0.4, -0.2) is 49.8 Å². The number of rotatable bonds is 3. The molecule has 0 aliphatic carbocycles. The third kappa shape index (κ3) is 3.41. The van der Waals surface area contributed by atoms with Crippen molar-refractivity contribution in [1.29, 1.82) is 0 Å². The van der Waals surface area contributed by atoms with Crippen LogP contribution in [0.1, 0.15) is 19.8 Å². The summed E-state index contributed by atoms with van der Waals surface area (Å²) >= 11 is 1.78. The molecule has 0 unspecified atom stereocenters. The fraction of sp³-hybridized carbons (Fsp3) is 0.562. The van der Waals surface area contributed by atoms with Gasteiger partial charge in [-0.2, -0.15) is 0 Å². The summed E-state index contributed by atoms with van der Waals surface area (Å²) in [6, 6.07) is 8.00. The van der Waals surface area contributed by atoms with Crippen molar-refractivity contribution in [3.63, 3.8) is 0 Å². The summed E-state index contributed by atoms with van der Waals surface area (Å²) in [5, 5.41) is 0. The lowest BCUT2D eigenvalue weighted by Gasteiger charge is -2.35. The lowest BCUT2D eigenvalue weighted by atomic mass is 9.96. The quantitative estimate of drug-likeness (QED) is 0.835. The number of hydrogen-bond acceptors (Lipinski definition) is 4. The van der Waals surface area contributed by atoms with Crippen molar-refractivity contribution < 1.29 is 13.2 Å². The highest BCUT2D eigenvalue weighted by Gasteiger charge is 2.34. The molecule has 2 aliphatic rings. The standard InChI is InChI=1S/C16H22N2O3S2/c1-2-23(20,21)17-9-7-13(8-10-17)16(19)18-11-12-22-15-6-4-3-5-14(15)18/h3-6,13H,2,7-12H2,1H3. The fourth-order valence-corrected chi connectivity index (χ4v) is 5.31. The van der Waals surface area contributed by atoms with Crippen molar-refractivity contribution in [3.8, 4) is 0 Å². The first-order valence-electron chi connectivity index (χ1n) is 8.04. The van der Waals surface area contributed by atoms with Crippen molar-refractivity contribution >= 4 is 33.4 Å². The van der Waals surface area contributed by atoms with Gasteiger partial charge >= 0.3 is 0 Å². The fourth-order valence-electron chi connectivity index (χ4n) is 3.18. The first-order valence-corrected chi connectivity index (χ1v) is 10.6. The van der Waals surface area contributed by atoms with Crippen molar-refractivity contribution in [2.24, 2.45) is 5.92 Å². The maximum Gasteiger partial charge on any atom is 0.230 e. The molecule has 1 amide bonds. The lowest BCUT2D eigenvalue weighted by molar-refractivity contribution is -0.123. The van der Waals surface area contributed by atoms with Crippen LogP contribution in [0.15, 0.2) is 29.2 Å². The van der Waals surface area contributed by atoms with E-state index < -0.39 is 10.0 Å². The van der Waals surface area contributed by atoms with Crippen LogP contribution in [0.3, 0.4) is 0 Å². The van der Waals surface area contributed by atoms with Crippen LogP contribution in [-0.2, 0) is 14.8 Å². The molecular formula is C16H22N2O3S2. The highest BCUT2D eigenvalue weighted by Crippen LogP contribution is 2.36. The Hall–Kier alpha value is -1.05. The lowest BCUT2D eigenvalue weighted by Crippen LogP contribution is -2.46. The van der Waals surface area contributed by atoms with Gasteiger partial charge in [-0.05, 0) is 31.9 Å². The molecule has 7 heteroatoms. The van der Waals surface area contributed by atoms with Gasteiger partial charge in [-0.1, -0.05) is 12.1 Å². The van der Waals surface area contributed by atoms with E-state index in [1.807, 2.05) is 23.1 Å². The second-order valence-corrected chi connectivity index (χ2v) is 9.27. The number of piperidine rings is 1. The minimum Gasteiger partial charge on any atom is -0.310 e. The van der Waals surface area contributed by atoms with Crippen LogP contribution < -0.4 is 4.90 Å². The van der Waals surface area contributed by atoms with E-state index in [1.165, 1.54) is 4.31 Å². The number of carbonyl (C=O) groups excluding carboxylic acids is 1. The number of carbonyl (C=O) groups is 1. The smallest absolute Gasteiger partial charge is 0.230 e. The van der Waals surface area contributed by atoms with Gasteiger partial charge in [0, 0.05) is 36.2 Å². The number of hydrogen-bond donors (Lipinski definition) is 0. The summed E-state index contributed by atoms with van der Waals surface area (Å²) in [6.07, 6.45) is 1.23. The number of amides is 1. The summed E-state index contributed by atoms with van der Waals surface area (Å²) in [6.45, 7) is 3.30. The molecule has 0 radical (unpaired) electrons. The highest BCUT2D eigenvalue weighted by molar-refractivity contribution is 7.99. The maximum absolute atomic E-state index is 12.9. The Labute approximate surface area is 142 Å². The van der Waals surface area contributed by atoms with Gasteiger partial charge in [-0.15, -0.1) is 11.8 Å². The van der Waals surface area contributed by atoms with Crippen LogP contribution in [0, 0.1) is 5.92 Å². The number of benzene rings is 1. The summed E-state index contributed by atoms with van der Waals surface area (Å²) in [7, 11) is -3.14. The van der Waals surface area contributed by atoms with Crippen LogP contribution >= 0.6 is 11.8 Å². The summed E-state index contributed by atoms with van der Waals surface area (Å²) in [5.41, 5.74) is 0.998. The van der Waals surface area contributed by atoms with Gasteiger partial charge in [0.25, 0.3) is 0 Å². The molecule has 0 saturated carbocycles. The van der Waals surface area contributed by atoms with Crippen molar-refractivity contribution in [2.75, 3.05) is 36.0 Å². The number of nitrogens with zero attached hydrogens (tertiary/aromatic N) is 2. The first kappa shape index (κ1) is 16.8. The molecule has 2 heterocycles. The van der Waals surface area contributed by atoms with E-state index in [0.29, 0.717) is 25.9 Å². The zero-order valence-corrected chi connectivity index (χ0v) is 14.9. The van der Waals surface area contributed by atoms with Crippen molar-refractivity contribution in [1.82, 2.24) is 4.31 Å². The molecule has 0 N–H and O–H groups in total. The molecule has 0 spiro atoms. The highest BCUT2D eigenvalue weighted by atomic mass is 32.2. The largest absolute Gasteiger partial charge is 0.310 e. The predicted molar refractivity (Wildman–Crippen MR) is 93.3 cm³/mol. The Morgan fingerprint density at radius 3 is 2.61 bits per heavy atom. The van der Waals surface area contributed by atoms with Crippen LogP contribution in [0.25, 0.3) is 0 Å². The molecule has 126 valence electrons. The Bertz CT molecular complexity index is 682. The van der Waals surface area contributed by atoms with E-state index in [-0.39, 0.29) is 17.6 Å².